The van der Waals surface area contributed by atoms with Crippen LogP contribution in [-0.2, 0) is 5.54 Å². The Morgan fingerprint density at radius 2 is 1.60 bits per heavy atom. The van der Waals surface area contributed by atoms with Crippen LogP contribution in [0.1, 0.15) is 20.8 Å². The zero-order valence-electron chi connectivity index (χ0n) is 9.99. The van der Waals surface area contributed by atoms with Crippen molar-refractivity contribution in [1.82, 2.24) is 4.57 Å². The summed E-state index contributed by atoms with van der Waals surface area (Å²) in [5, 5.41) is 1.32. The van der Waals surface area contributed by atoms with Crippen molar-refractivity contribution in [2.45, 2.75) is 26.3 Å². The average Bonchev–Trinajstić information content (AvgIpc) is 2.63. The van der Waals surface area contributed by atoms with Gasteiger partial charge in [0.15, 0.2) is 0 Å². The quantitative estimate of drug-likeness (QED) is 0.702. The fraction of sp³-hybridized carbons (Fsp3) is 0.385. The van der Waals surface area contributed by atoms with Crippen LogP contribution < -0.4 is 5.73 Å². The highest BCUT2D eigenvalue weighted by atomic mass is 15.0. The SMILES string of the molecule is CC(C)(C)n1ccc2ccccc21.CN. The molecule has 1 aromatic carbocycles. The number of benzene rings is 1. The summed E-state index contributed by atoms with van der Waals surface area (Å²) < 4.78 is 2.31. The van der Waals surface area contributed by atoms with E-state index in [-0.39, 0.29) is 5.54 Å². The molecule has 15 heavy (non-hydrogen) atoms. The highest BCUT2D eigenvalue weighted by Gasteiger charge is 2.13. The summed E-state index contributed by atoms with van der Waals surface area (Å²) in [7, 11) is 1.50. The molecule has 0 amide bonds. The number of nitrogens with zero attached hydrogens (tertiary/aromatic N) is 1. The fourth-order valence-electron chi connectivity index (χ4n) is 1.67. The van der Waals surface area contributed by atoms with Gasteiger partial charge in [-0.3, -0.25) is 0 Å². The van der Waals surface area contributed by atoms with Crippen LogP contribution in [-0.4, -0.2) is 11.6 Å². The maximum Gasteiger partial charge on any atom is 0.0485 e. The van der Waals surface area contributed by atoms with Gasteiger partial charge in [0.1, 0.15) is 0 Å². The Balaban J connectivity index is 0.000000531. The number of para-hydroxylation sites is 1. The van der Waals surface area contributed by atoms with Crippen molar-refractivity contribution in [3.63, 3.8) is 0 Å². The first-order chi connectivity index (χ1) is 7.09. The molecule has 1 heterocycles. The molecule has 0 atom stereocenters. The standard InChI is InChI=1S/C12H15N.CH5N/c1-12(2,3)13-9-8-10-6-4-5-7-11(10)13;1-2/h4-9H,1-3H3;2H2,1H3. The van der Waals surface area contributed by atoms with E-state index in [1.807, 2.05) is 0 Å². The molecule has 0 spiro atoms. The minimum absolute atomic E-state index is 0.170. The summed E-state index contributed by atoms with van der Waals surface area (Å²) >= 11 is 0. The van der Waals surface area contributed by atoms with Gasteiger partial charge in [0.2, 0.25) is 0 Å². The van der Waals surface area contributed by atoms with Gasteiger partial charge in [-0.05, 0) is 45.3 Å². The molecule has 2 N–H and O–H groups in total. The van der Waals surface area contributed by atoms with Crippen LogP contribution in [0.3, 0.4) is 0 Å². The molecule has 0 saturated heterocycles. The second-order valence-electron chi connectivity index (χ2n) is 4.42. The van der Waals surface area contributed by atoms with Gasteiger partial charge in [0, 0.05) is 17.3 Å². The molecule has 0 unspecified atom stereocenters. The molecule has 2 rings (SSSR count). The van der Waals surface area contributed by atoms with E-state index in [4.69, 9.17) is 0 Å². The molecule has 0 bridgehead atoms. The van der Waals surface area contributed by atoms with Crippen molar-refractivity contribution < 1.29 is 0 Å². The fourth-order valence-corrected chi connectivity index (χ4v) is 1.67. The number of nitrogens with two attached hydrogens (primary N) is 1. The summed E-state index contributed by atoms with van der Waals surface area (Å²) in [6, 6.07) is 10.7. The monoisotopic (exact) mass is 204 g/mol. The third-order valence-electron chi connectivity index (χ3n) is 2.32. The molecule has 0 aliphatic carbocycles. The lowest BCUT2D eigenvalue weighted by Crippen LogP contribution is -2.20. The van der Waals surface area contributed by atoms with Gasteiger partial charge in [-0.15, -0.1) is 0 Å². The molecule has 2 aromatic rings. The first-order valence-electron chi connectivity index (χ1n) is 5.23. The van der Waals surface area contributed by atoms with Crippen molar-refractivity contribution in [2.75, 3.05) is 7.05 Å². The zero-order chi connectivity index (χ0) is 11.5. The topological polar surface area (TPSA) is 30.9 Å². The third-order valence-corrected chi connectivity index (χ3v) is 2.32. The van der Waals surface area contributed by atoms with Crippen LogP contribution in [0.15, 0.2) is 36.5 Å². The molecule has 0 saturated carbocycles. The lowest BCUT2D eigenvalue weighted by atomic mass is 10.1. The smallest absolute Gasteiger partial charge is 0.0485 e. The highest BCUT2D eigenvalue weighted by molar-refractivity contribution is 5.80. The Bertz CT molecular complexity index is 421. The zero-order valence-corrected chi connectivity index (χ0v) is 9.99. The lowest BCUT2D eigenvalue weighted by molar-refractivity contribution is 0.411. The van der Waals surface area contributed by atoms with E-state index in [1.165, 1.54) is 18.0 Å². The van der Waals surface area contributed by atoms with Gasteiger partial charge < -0.3 is 10.3 Å². The summed E-state index contributed by atoms with van der Waals surface area (Å²) in [5.41, 5.74) is 5.98. The Kier molecular flexibility index (Phi) is 3.53. The van der Waals surface area contributed by atoms with E-state index < -0.39 is 0 Å². The van der Waals surface area contributed by atoms with Crippen LogP contribution in [0.25, 0.3) is 10.9 Å². The largest absolute Gasteiger partial charge is 0.342 e. The van der Waals surface area contributed by atoms with Crippen LogP contribution in [0, 0.1) is 0 Å². The van der Waals surface area contributed by atoms with Gasteiger partial charge in [-0.1, -0.05) is 18.2 Å². The second kappa shape index (κ2) is 4.49. The summed E-state index contributed by atoms with van der Waals surface area (Å²) in [4.78, 5) is 0. The minimum Gasteiger partial charge on any atom is -0.342 e. The second-order valence-corrected chi connectivity index (χ2v) is 4.42. The van der Waals surface area contributed by atoms with Crippen LogP contribution in [0.5, 0.6) is 0 Å². The number of fused-ring (bicyclic) bond motifs is 1. The summed E-state index contributed by atoms with van der Waals surface area (Å²) in [5.74, 6) is 0. The Morgan fingerprint density at radius 3 is 2.20 bits per heavy atom. The van der Waals surface area contributed by atoms with Crippen molar-refractivity contribution in [2.24, 2.45) is 5.73 Å². The lowest BCUT2D eigenvalue weighted by Gasteiger charge is -2.22. The summed E-state index contributed by atoms with van der Waals surface area (Å²) in [6.45, 7) is 6.66. The first kappa shape index (κ1) is 11.8. The number of rotatable bonds is 0. The van der Waals surface area contributed by atoms with Crippen LogP contribution >= 0.6 is 0 Å². The molecular formula is C13H20N2. The van der Waals surface area contributed by atoms with Crippen molar-refractivity contribution in [1.29, 1.82) is 0 Å². The number of hydrogen-bond acceptors (Lipinski definition) is 1. The average molecular weight is 204 g/mol. The molecule has 0 aliphatic rings. The molecule has 0 aliphatic heterocycles. The predicted molar refractivity (Wildman–Crippen MR) is 67.0 cm³/mol. The molecule has 0 fully saturated rings. The van der Waals surface area contributed by atoms with Crippen molar-refractivity contribution >= 4 is 10.9 Å². The minimum atomic E-state index is 0.170. The first-order valence-corrected chi connectivity index (χ1v) is 5.23. The molecule has 2 nitrogen and oxygen atoms in total. The number of aromatic nitrogens is 1. The molecular weight excluding hydrogens is 184 g/mol. The van der Waals surface area contributed by atoms with Gasteiger partial charge in [0.25, 0.3) is 0 Å². The van der Waals surface area contributed by atoms with Gasteiger partial charge >= 0.3 is 0 Å². The van der Waals surface area contributed by atoms with Gasteiger partial charge in [-0.25, -0.2) is 0 Å². The molecule has 2 heteroatoms. The van der Waals surface area contributed by atoms with Crippen LogP contribution in [0.2, 0.25) is 0 Å². The highest BCUT2D eigenvalue weighted by Crippen LogP contribution is 2.23. The summed E-state index contributed by atoms with van der Waals surface area (Å²) in [6.07, 6.45) is 2.16. The van der Waals surface area contributed by atoms with Crippen molar-refractivity contribution in [3.05, 3.63) is 36.5 Å². The Hall–Kier alpha value is -1.28. The maximum absolute atomic E-state index is 4.50. The number of hydrogen-bond donors (Lipinski definition) is 1. The van der Waals surface area contributed by atoms with Gasteiger partial charge in [-0.2, -0.15) is 0 Å². The van der Waals surface area contributed by atoms with E-state index in [9.17, 15) is 0 Å². The van der Waals surface area contributed by atoms with E-state index in [0.29, 0.717) is 0 Å². The van der Waals surface area contributed by atoms with Crippen molar-refractivity contribution in [3.8, 4) is 0 Å². The molecule has 0 radical (unpaired) electrons. The predicted octanol–water partition coefficient (Wildman–Crippen LogP) is 2.97. The Morgan fingerprint density at radius 1 is 1.00 bits per heavy atom. The van der Waals surface area contributed by atoms with E-state index in [2.05, 4.69) is 67.6 Å². The normalized spacial score (nSPS) is 11.0. The van der Waals surface area contributed by atoms with Crippen LogP contribution in [0.4, 0.5) is 0 Å². The Labute approximate surface area is 91.7 Å². The van der Waals surface area contributed by atoms with Gasteiger partial charge in [0.05, 0.1) is 0 Å². The third kappa shape index (κ3) is 2.39. The molecule has 1 aromatic heterocycles. The maximum atomic E-state index is 4.50. The molecule has 82 valence electrons. The van der Waals surface area contributed by atoms with E-state index in [1.54, 1.807) is 0 Å². The van der Waals surface area contributed by atoms with E-state index >= 15 is 0 Å². The van der Waals surface area contributed by atoms with E-state index in [0.717, 1.165) is 0 Å².